The molecule has 23 heteroatoms. The number of aliphatic hydroxyl groups is 1. The van der Waals surface area contributed by atoms with E-state index in [1.165, 1.54) is 12.3 Å². The van der Waals surface area contributed by atoms with Crippen LogP contribution in [0.4, 0.5) is 4.39 Å². The van der Waals surface area contributed by atoms with E-state index in [1.54, 1.807) is 0 Å². The molecule has 0 saturated carbocycles. The van der Waals surface area contributed by atoms with Crippen LogP contribution in [0, 0.1) is 9.41 Å². The Morgan fingerprint density at radius 3 is 2.44 bits per heavy atom. The lowest BCUT2D eigenvalue weighted by Gasteiger charge is -2.27. The second kappa shape index (κ2) is 9.76. The summed E-state index contributed by atoms with van der Waals surface area (Å²) in [5.74, 6) is 0. The Morgan fingerprint density at radius 2 is 1.91 bits per heavy atom. The van der Waals surface area contributed by atoms with Crippen molar-refractivity contribution in [2.75, 3.05) is 6.61 Å². The van der Waals surface area contributed by atoms with Crippen molar-refractivity contribution in [3.63, 3.8) is 0 Å². The molecule has 6 atom stereocenters. The summed E-state index contributed by atoms with van der Waals surface area (Å²) in [4.78, 5) is 40.5. The lowest BCUT2D eigenvalue weighted by atomic mass is 10.1. The lowest BCUT2D eigenvalue weighted by molar-refractivity contribution is -0.122. The highest BCUT2D eigenvalue weighted by Gasteiger charge is 2.57. The van der Waals surface area contributed by atoms with Gasteiger partial charge in [-0.05, 0) is 23.8 Å². The maximum atomic E-state index is 14.8. The summed E-state index contributed by atoms with van der Waals surface area (Å²) in [7, 11) is -17.2. The Labute approximate surface area is 186 Å². The number of aromatic nitrogens is 2. The largest absolute Gasteiger partial charge is 0.490 e. The van der Waals surface area contributed by atoms with E-state index in [-0.39, 0.29) is 9.41 Å². The third-order valence-corrected chi connectivity index (χ3v) is 7.88. The van der Waals surface area contributed by atoms with Crippen LogP contribution in [-0.2, 0) is 31.6 Å². The van der Waals surface area contributed by atoms with Gasteiger partial charge < -0.3 is 34.4 Å². The molecule has 1 aliphatic heterocycles. The van der Waals surface area contributed by atoms with Crippen LogP contribution in [0.3, 0.4) is 0 Å². The number of aromatic amines is 1. The summed E-state index contributed by atoms with van der Waals surface area (Å²) in [6.45, 7) is -1.44. The number of nitrogens with zero attached hydrogens (tertiary/aromatic N) is 4. The van der Waals surface area contributed by atoms with Gasteiger partial charge in [0.2, 0.25) is 5.72 Å². The molecule has 0 aliphatic carbocycles. The number of phosphoric acid groups is 3. The summed E-state index contributed by atoms with van der Waals surface area (Å²) < 4.78 is 66.2. The highest BCUT2D eigenvalue weighted by molar-refractivity contribution is 7.72. The van der Waals surface area contributed by atoms with E-state index < -0.39 is 54.3 Å². The van der Waals surface area contributed by atoms with Gasteiger partial charge in [0.15, 0.2) is 17.2 Å². The van der Waals surface area contributed by atoms with Crippen molar-refractivity contribution in [3.05, 3.63) is 32.1 Å². The summed E-state index contributed by atoms with van der Waals surface area (Å²) in [5.41, 5.74) is 6.06. The summed E-state index contributed by atoms with van der Waals surface area (Å²) >= 11 is 9.82. The number of hydrogen-bond acceptors (Lipinski definition) is 11. The van der Waals surface area contributed by atoms with Crippen LogP contribution < -0.4 is 0 Å². The molecular weight excluding hydrogens is 546 g/mol. The van der Waals surface area contributed by atoms with E-state index in [1.807, 2.05) is 0 Å². The monoisotopic (exact) mass is 559 g/mol. The summed E-state index contributed by atoms with van der Waals surface area (Å²) in [5, 5.41) is 13.3. The Bertz CT molecular complexity index is 1180. The average molecular weight is 559 g/mol. The van der Waals surface area contributed by atoms with Crippen LogP contribution in [-0.4, -0.2) is 58.8 Å². The summed E-state index contributed by atoms with van der Waals surface area (Å²) in [6, 6.07) is 1.28. The SMILES string of the molecule is [N-]=[N+]=N[C@]1(COP(=O)(O)OP(=O)(O)OP(=O)(O)O)O[C@@H](n2ccc(=S)[nH]c2=S)C(F)[C@H]1O. The standard InChI is InChI=1S/C9H13FN5O12P3S2/c10-5-6(16)9(13-14-11,25-7(5)15-2-1-4(31)12-8(15)32)3-24-29(20,21)27-30(22,23)26-28(17,18)19/h1-2,5-7,16H,3H2,(H,20,21)(H,22,23)(H,12,31,32)(H2,17,18,19)/t5?,6-,7-,9-/m1/s1. The van der Waals surface area contributed by atoms with Crippen LogP contribution in [0.1, 0.15) is 6.23 Å². The predicted molar refractivity (Wildman–Crippen MR) is 103 cm³/mol. The number of nitrogens with one attached hydrogen (secondary N) is 1. The molecule has 0 aromatic carbocycles. The number of phosphoric ester groups is 1. The van der Waals surface area contributed by atoms with E-state index >= 15 is 0 Å². The van der Waals surface area contributed by atoms with Crippen LogP contribution in [0.15, 0.2) is 17.4 Å². The normalized spacial score (nSPS) is 29.6. The Morgan fingerprint density at radius 1 is 1.28 bits per heavy atom. The number of aliphatic hydroxyl groups excluding tert-OH is 1. The van der Waals surface area contributed by atoms with Gasteiger partial charge in [0, 0.05) is 11.1 Å². The van der Waals surface area contributed by atoms with E-state index in [9.17, 15) is 28.1 Å². The molecular formula is C9H13FN5O12P3S2. The second-order valence-corrected chi connectivity index (χ2v) is 11.1. The second-order valence-electron chi connectivity index (χ2n) is 5.81. The quantitative estimate of drug-likeness (QED) is 0.0830. The third kappa shape index (κ3) is 6.80. The predicted octanol–water partition coefficient (Wildman–Crippen LogP) is 1.85. The maximum Gasteiger partial charge on any atom is 0.490 e. The van der Waals surface area contributed by atoms with Gasteiger partial charge in [-0.25, -0.2) is 18.1 Å². The minimum atomic E-state index is -5.85. The Kier molecular flexibility index (Phi) is 8.33. The van der Waals surface area contributed by atoms with Crippen molar-refractivity contribution >= 4 is 47.9 Å². The molecule has 0 spiro atoms. The average Bonchev–Trinajstić information content (AvgIpc) is 2.83. The van der Waals surface area contributed by atoms with E-state index in [2.05, 4.69) is 28.2 Å². The molecule has 6 N–H and O–H groups in total. The van der Waals surface area contributed by atoms with Gasteiger partial charge in [-0.1, -0.05) is 17.3 Å². The number of rotatable bonds is 9. The molecule has 0 radical (unpaired) electrons. The van der Waals surface area contributed by atoms with E-state index in [0.717, 1.165) is 4.57 Å². The molecule has 180 valence electrons. The summed E-state index contributed by atoms with van der Waals surface area (Å²) in [6.07, 6.45) is -5.24. The highest BCUT2D eigenvalue weighted by Crippen LogP contribution is 2.66. The molecule has 17 nitrogen and oxygen atoms in total. The lowest BCUT2D eigenvalue weighted by Crippen LogP contribution is -2.44. The van der Waals surface area contributed by atoms with Crippen molar-refractivity contribution in [2.24, 2.45) is 5.11 Å². The van der Waals surface area contributed by atoms with Crippen molar-refractivity contribution in [1.82, 2.24) is 9.55 Å². The van der Waals surface area contributed by atoms with Crippen LogP contribution in [0.5, 0.6) is 0 Å². The van der Waals surface area contributed by atoms with Crippen LogP contribution >= 0.6 is 47.9 Å². The molecule has 2 heterocycles. The van der Waals surface area contributed by atoms with Crippen molar-refractivity contribution in [3.8, 4) is 0 Å². The van der Waals surface area contributed by atoms with Crippen LogP contribution in [0.2, 0.25) is 0 Å². The molecule has 3 unspecified atom stereocenters. The van der Waals surface area contributed by atoms with Gasteiger partial charge in [0.1, 0.15) is 10.7 Å². The Hall–Kier alpha value is -0.910. The minimum Gasteiger partial charge on any atom is -0.387 e. The number of ether oxygens (including phenoxy) is 1. The maximum absolute atomic E-state index is 14.8. The van der Waals surface area contributed by atoms with E-state index in [4.69, 9.17) is 49.4 Å². The Balaban J connectivity index is 2.28. The van der Waals surface area contributed by atoms with Gasteiger partial charge in [-0.2, -0.15) is 8.62 Å². The fraction of sp³-hybridized carbons (Fsp3) is 0.556. The smallest absolute Gasteiger partial charge is 0.387 e. The first-order valence-electron chi connectivity index (χ1n) is 7.67. The molecule has 32 heavy (non-hydrogen) atoms. The fourth-order valence-electron chi connectivity index (χ4n) is 2.37. The number of alkyl halides is 1. The molecule has 2 rings (SSSR count). The number of hydrogen-bond donors (Lipinski definition) is 6. The number of H-pyrrole nitrogens is 1. The highest BCUT2D eigenvalue weighted by atomic mass is 32.1. The fourth-order valence-corrected chi connectivity index (χ4v) is 5.91. The van der Waals surface area contributed by atoms with Gasteiger partial charge in [0.25, 0.3) is 0 Å². The molecule has 0 amide bonds. The van der Waals surface area contributed by atoms with Gasteiger partial charge >= 0.3 is 23.5 Å². The zero-order valence-electron chi connectivity index (χ0n) is 15.0. The first-order valence-corrected chi connectivity index (χ1v) is 13.0. The first-order chi connectivity index (χ1) is 14.5. The number of halogens is 1. The van der Waals surface area contributed by atoms with Gasteiger partial charge in [0.05, 0.1) is 6.61 Å². The van der Waals surface area contributed by atoms with Crippen molar-refractivity contribution < 1.29 is 60.6 Å². The van der Waals surface area contributed by atoms with Crippen LogP contribution in [0.25, 0.3) is 10.4 Å². The number of azide groups is 1. The molecule has 1 aromatic rings. The third-order valence-electron chi connectivity index (χ3n) is 3.55. The van der Waals surface area contributed by atoms with Crippen molar-refractivity contribution in [2.45, 2.75) is 24.2 Å². The molecule has 0 bridgehead atoms. The van der Waals surface area contributed by atoms with Gasteiger partial charge in [-0.3, -0.25) is 9.09 Å². The zero-order valence-corrected chi connectivity index (χ0v) is 19.3. The molecule has 1 fully saturated rings. The minimum absolute atomic E-state index is 0.165. The molecule has 1 aliphatic rings. The van der Waals surface area contributed by atoms with Crippen molar-refractivity contribution in [1.29, 1.82) is 0 Å². The first kappa shape index (κ1) is 27.3. The topological polar surface area (TPSA) is 259 Å². The van der Waals surface area contributed by atoms with E-state index in [0.29, 0.717) is 0 Å². The molecule has 1 saturated heterocycles. The molecule has 1 aromatic heterocycles. The zero-order chi connectivity index (χ0) is 24.5. The van der Waals surface area contributed by atoms with Gasteiger partial charge in [-0.15, -0.1) is 0 Å².